The molecule has 1 saturated heterocycles. The molecule has 2 N–H and O–H groups in total. The van der Waals surface area contributed by atoms with Crippen LogP contribution in [0.5, 0.6) is 0 Å². The van der Waals surface area contributed by atoms with Crippen molar-refractivity contribution in [3.8, 4) is 0 Å². The van der Waals surface area contributed by atoms with E-state index in [0.717, 1.165) is 50.6 Å². The van der Waals surface area contributed by atoms with Gasteiger partial charge in [-0.25, -0.2) is 4.98 Å². The fraction of sp³-hybridized carbons (Fsp3) is 0.667. The monoisotopic (exact) mass is 352 g/mol. The molecule has 24 heavy (non-hydrogen) atoms. The quantitative estimate of drug-likeness (QED) is 0.874. The highest BCUT2D eigenvalue weighted by atomic mass is 35.5. The van der Waals surface area contributed by atoms with Crippen molar-refractivity contribution in [3.63, 3.8) is 0 Å². The molecule has 1 aromatic rings. The third-order valence-electron chi connectivity index (χ3n) is 5.28. The highest BCUT2D eigenvalue weighted by Crippen LogP contribution is 2.31. The van der Waals surface area contributed by atoms with Gasteiger partial charge in [0, 0.05) is 32.1 Å². The number of aromatic nitrogens is 1. The van der Waals surface area contributed by atoms with Crippen LogP contribution in [0, 0.1) is 11.8 Å². The fourth-order valence-electron chi connectivity index (χ4n) is 3.63. The van der Waals surface area contributed by atoms with Gasteiger partial charge in [0.2, 0.25) is 5.91 Å². The van der Waals surface area contributed by atoms with E-state index < -0.39 is 0 Å². The Morgan fingerprint density at radius 2 is 1.96 bits per heavy atom. The Morgan fingerprint density at radius 1 is 1.25 bits per heavy atom. The van der Waals surface area contributed by atoms with Gasteiger partial charge in [-0.05, 0) is 43.7 Å². The van der Waals surface area contributed by atoms with Gasteiger partial charge in [-0.1, -0.05) is 13.3 Å². The molecule has 134 valence electrons. The summed E-state index contributed by atoms with van der Waals surface area (Å²) in [5.41, 5.74) is 1.13. The molecule has 0 radical (unpaired) electrons. The van der Waals surface area contributed by atoms with Crippen molar-refractivity contribution in [1.82, 2.24) is 10.3 Å². The van der Waals surface area contributed by atoms with Gasteiger partial charge in [0.15, 0.2) is 0 Å². The topological polar surface area (TPSA) is 57.3 Å². The zero-order valence-electron chi connectivity index (χ0n) is 14.5. The molecule has 0 bridgehead atoms. The molecule has 1 aliphatic carbocycles. The van der Waals surface area contributed by atoms with Crippen molar-refractivity contribution >= 4 is 29.8 Å². The molecule has 1 aliphatic heterocycles. The molecular formula is C18H29ClN4O. The Kier molecular flexibility index (Phi) is 7.31. The van der Waals surface area contributed by atoms with Crippen molar-refractivity contribution in [2.75, 3.05) is 36.4 Å². The van der Waals surface area contributed by atoms with Gasteiger partial charge in [-0.15, -0.1) is 12.4 Å². The van der Waals surface area contributed by atoms with Crippen LogP contribution in [0.2, 0.25) is 0 Å². The molecule has 2 aliphatic rings. The number of halogens is 1. The van der Waals surface area contributed by atoms with E-state index in [-0.39, 0.29) is 24.2 Å². The second-order valence-corrected chi connectivity index (χ2v) is 6.75. The molecule has 0 atom stereocenters. The Bertz CT molecular complexity index is 508. The number of piperazine rings is 1. The van der Waals surface area contributed by atoms with Crippen LogP contribution < -0.4 is 15.5 Å². The first kappa shape index (κ1) is 19.0. The van der Waals surface area contributed by atoms with Crippen molar-refractivity contribution in [2.24, 2.45) is 11.8 Å². The molecule has 2 heterocycles. The van der Waals surface area contributed by atoms with Crippen molar-refractivity contribution in [3.05, 3.63) is 18.3 Å². The van der Waals surface area contributed by atoms with Crippen LogP contribution in [-0.4, -0.2) is 37.1 Å². The molecular weight excluding hydrogens is 324 g/mol. The number of nitrogens with zero attached hydrogens (tertiary/aromatic N) is 2. The van der Waals surface area contributed by atoms with Crippen LogP contribution in [0.3, 0.4) is 0 Å². The largest absolute Gasteiger partial charge is 0.368 e. The lowest BCUT2D eigenvalue weighted by atomic mass is 9.80. The van der Waals surface area contributed by atoms with Crippen molar-refractivity contribution in [2.45, 2.75) is 39.0 Å². The van der Waals surface area contributed by atoms with E-state index >= 15 is 0 Å². The minimum atomic E-state index is 0. The van der Waals surface area contributed by atoms with Crippen LogP contribution in [0.25, 0.3) is 0 Å². The molecule has 5 nitrogen and oxygen atoms in total. The summed E-state index contributed by atoms with van der Waals surface area (Å²) in [6, 6.07) is 3.98. The molecule has 1 saturated carbocycles. The third-order valence-corrected chi connectivity index (χ3v) is 5.28. The third kappa shape index (κ3) is 4.84. The van der Waals surface area contributed by atoms with Crippen LogP contribution in [0.4, 0.5) is 11.5 Å². The number of hydrogen-bond acceptors (Lipinski definition) is 4. The summed E-state index contributed by atoms with van der Waals surface area (Å²) >= 11 is 0. The zero-order valence-corrected chi connectivity index (χ0v) is 15.3. The standard InChI is InChI=1S/C18H28N4O.ClH/c1-2-14-3-5-15(6-4-14)18(23)21-17-8-7-16(13-20-17)22-11-9-19-10-12-22;/h7-8,13-15,19H,2-6,9-12H2,1H3,(H,20,21,23);1H. The van der Waals surface area contributed by atoms with Gasteiger partial charge in [-0.3, -0.25) is 4.79 Å². The smallest absolute Gasteiger partial charge is 0.228 e. The number of amides is 1. The predicted octanol–water partition coefficient (Wildman–Crippen LogP) is 3.07. The van der Waals surface area contributed by atoms with E-state index in [4.69, 9.17) is 0 Å². The molecule has 0 aromatic carbocycles. The summed E-state index contributed by atoms with van der Waals surface area (Å²) in [7, 11) is 0. The predicted molar refractivity (Wildman–Crippen MR) is 101 cm³/mol. The lowest BCUT2D eigenvalue weighted by Crippen LogP contribution is -2.43. The SMILES string of the molecule is CCC1CCC(C(=O)Nc2ccc(N3CCNCC3)cn2)CC1.Cl. The second-order valence-electron chi connectivity index (χ2n) is 6.75. The number of carbonyl (C=O) groups is 1. The minimum Gasteiger partial charge on any atom is -0.368 e. The second kappa shape index (κ2) is 9.23. The van der Waals surface area contributed by atoms with E-state index in [1.807, 2.05) is 12.3 Å². The molecule has 2 fully saturated rings. The maximum absolute atomic E-state index is 12.4. The number of hydrogen-bond donors (Lipinski definition) is 2. The van der Waals surface area contributed by atoms with E-state index in [1.54, 1.807) is 0 Å². The highest BCUT2D eigenvalue weighted by molar-refractivity contribution is 5.91. The maximum atomic E-state index is 12.4. The normalized spacial score (nSPS) is 24.1. The Balaban J connectivity index is 0.00000208. The first-order valence-corrected chi connectivity index (χ1v) is 8.99. The van der Waals surface area contributed by atoms with Crippen LogP contribution >= 0.6 is 12.4 Å². The van der Waals surface area contributed by atoms with E-state index in [9.17, 15) is 4.79 Å². The summed E-state index contributed by atoms with van der Waals surface area (Å²) in [6.45, 7) is 6.29. The lowest BCUT2D eigenvalue weighted by molar-refractivity contribution is -0.121. The van der Waals surface area contributed by atoms with Gasteiger partial charge in [0.05, 0.1) is 11.9 Å². The molecule has 0 spiro atoms. The van der Waals surface area contributed by atoms with Gasteiger partial charge in [0.25, 0.3) is 0 Å². The van der Waals surface area contributed by atoms with Gasteiger partial charge >= 0.3 is 0 Å². The summed E-state index contributed by atoms with van der Waals surface area (Å²) in [5, 5.41) is 6.34. The molecule has 1 aromatic heterocycles. The van der Waals surface area contributed by atoms with E-state index in [1.165, 1.54) is 19.3 Å². The summed E-state index contributed by atoms with van der Waals surface area (Å²) in [5.74, 6) is 1.79. The Labute approximate surface area is 151 Å². The Morgan fingerprint density at radius 3 is 2.54 bits per heavy atom. The fourth-order valence-corrected chi connectivity index (χ4v) is 3.63. The Hall–Kier alpha value is -1.33. The molecule has 0 unspecified atom stereocenters. The van der Waals surface area contributed by atoms with E-state index in [2.05, 4.69) is 33.5 Å². The van der Waals surface area contributed by atoms with Crippen LogP contribution in [-0.2, 0) is 4.79 Å². The summed E-state index contributed by atoms with van der Waals surface area (Å²) in [6.07, 6.45) is 7.51. The molecule has 3 rings (SSSR count). The number of carbonyl (C=O) groups excluding carboxylic acids is 1. The summed E-state index contributed by atoms with van der Waals surface area (Å²) in [4.78, 5) is 19.1. The van der Waals surface area contributed by atoms with Crippen molar-refractivity contribution < 1.29 is 4.79 Å². The average Bonchev–Trinajstić information content (AvgIpc) is 2.63. The maximum Gasteiger partial charge on any atom is 0.228 e. The average molecular weight is 353 g/mol. The molecule has 6 heteroatoms. The number of pyridine rings is 1. The van der Waals surface area contributed by atoms with Crippen LogP contribution in [0.15, 0.2) is 18.3 Å². The lowest BCUT2D eigenvalue weighted by Gasteiger charge is -2.29. The molecule has 1 amide bonds. The van der Waals surface area contributed by atoms with Gasteiger partial charge in [-0.2, -0.15) is 0 Å². The number of anilines is 2. The van der Waals surface area contributed by atoms with Gasteiger partial charge in [0.1, 0.15) is 5.82 Å². The first-order valence-electron chi connectivity index (χ1n) is 8.99. The number of nitrogens with one attached hydrogen (secondary N) is 2. The minimum absolute atomic E-state index is 0. The zero-order chi connectivity index (χ0) is 16.1. The van der Waals surface area contributed by atoms with Crippen LogP contribution in [0.1, 0.15) is 39.0 Å². The van der Waals surface area contributed by atoms with Crippen molar-refractivity contribution in [1.29, 1.82) is 0 Å². The number of rotatable bonds is 4. The van der Waals surface area contributed by atoms with Gasteiger partial charge < -0.3 is 15.5 Å². The van der Waals surface area contributed by atoms with E-state index in [0.29, 0.717) is 5.82 Å². The first-order chi connectivity index (χ1) is 11.3. The highest BCUT2D eigenvalue weighted by Gasteiger charge is 2.25. The summed E-state index contributed by atoms with van der Waals surface area (Å²) < 4.78 is 0.